The number of nitrogen functional groups attached to an aromatic ring is 1. The molecule has 1 aromatic heterocycles. The van der Waals surface area contributed by atoms with Crippen molar-refractivity contribution in [1.29, 1.82) is 5.41 Å². The molecule has 0 aliphatic carbocycles. The van der Waals surface area contributed by atoms with Crippen LogP contribution in [0.2, 0.25) is 0 Å². The number of ether oxygens (including phenoxy) is 1. The zero-order chi connectivity index (χ0) is 11.5. The summed E-state index contributed by atoms with van der Waals surface area (Å²) in [4.78, 5) is 10.4. The largest absolute Gasteiger partial charge is 0.382 e. The molecule has 3 N–H and O–H groups in total. The zero-order valence-electron chi connectivity index (χ0n) is 9.18. The lowest BCUT2D eigenvalue weighted by atomic mass is 10.2. The molecule has 1 fully saturated rings. The Hall–Kier alpha value is -1.69. The summed E-state index contributed by atoms with van der Waals surface area (Å²) >= 11 is 0. The van der Waals surface area contributed by atoms with Crippen molar-refractivity contribution in [2.45, 2.75) is 13.0 Å². The number of amidine groups is 1. The van der Waals surface area contributed by atoms with Crippen molar-refractivity contribution >= 4 is 11.7 Å². The molecule has 0 spiro atoms. The number of morpholine rings is 1. The third kappa shape index (κ3) is 2.11. The van der Waals surface area contributed by atoms with E-state index in [-0.39, 0.29) is 11.9 Å². The smallest absolute Gasteiger partial charge is 0.158 e. The molecule has 0 bridgehead atoms. The van der Waals surface area contributed by atoms with Gasteiger partial charge in [0.15, 0.2) is 5.82 Å². The number of hydrogen-bond acceptors (Lipinski definition) is 5. The summed E-state index contributed by atoms with van der Waals surface area (Å²) in [7, 11) is 0. The second-order valence-electron chi connectivity index (χ2n) is 3.77. The average molecular weight is 221 g/mol. The summed E-state index contributed by atoms with van der Waals surface area (Å²) in [6.07, 6.45) is 3.32. The molecule has 0 saturated carbocycles. The van der Waals surface area contributed by atoms with Gasteiger partial charge in [0.2, 0.25) is 0 Å². The minimum atomic E-state index is -0.0535. The van der Waals surface area contributed by atoms with E-state index in [0.29, 0.717) is 18.1 Å². The lowest BCUT2D eigenvalue weighted by molar-refractivity contribution is 0.0529. The van der Waals surface area contributed by atoms with Crippen molar-refractivity contribution in [1.82, 2.24) is 9.97 Å². The maximum atomic E-state index is 7.46. The molecular weight excluding hydrogens is 206 g/mol. The highest BCUT2D eigenvalue weighted by Crippen LogP contribution is 2.17. The molecule has 16 heavy (non-hydrogen) atoms. The van der Waals surface area contributed by atoms with Crippen LogP contribution in [-0.2, 0) is 4.74 Å². The predicted octanol–water partition coefficient (Wildman–Crippen LogP) is -0.0142. The Balaban J connectivity index is 2.28. The van der Waals surface area contributed by atoms with Crippen LogP contribution in [0.1, 0.15) is 12.6 Å². The van der Waals surface area contributed by atoms with Crippen molar-refractivity contribution in [3.05, 3.63) is 18.1 Å². The molecule has 2 rings (SSSR count). The molecule has 0 amide bonds. The number of nitrogens with one attached hydrogen (secondary N) is 1. The standard InChI is InChI=1S/C10H15N5O/c1-7-6-15(4-5-16-7)10-8(9(11)12)13-2-3-14-10/h2-3,7H,4-6H2,1H3,(H3,11,12). The minimum Gasteiger partial charge on any atom is -0.382 e. The number of nitrogens with two attached hydrogens (primary N) is 1. The lowest BCUT2D eigenvalue weighted by Crippen LogP contribution is -2.42. The van der Waals surface area contributed by atoms with E-state index in [4.69, 9.17) is 15.9 Å². The highest BCUT2D eigenvalue weighted by molar-refractivity contribution is 5.97. The van der Waals surface area contributed by atoms with E-state index in [9.17, 15) is 0 Å². The summed E-state index contributed by atoms with van der Waals surface area (Å²) in [5, 5.41) is 7.46. The summed E-state index contributed by atoms with van der Waals surface area (Å²) in [6, 6.07) is 0. The maximum absolute atomic E-state index is 7.46. The van der Waals surface area contributed by atoms with E-state index < -0.39 is 0 Å². The van der Waals surface area contributed by atoms with Gasteiger partial charge in [-0.2, -0.15) is 0 Å². The van der Waals surface area contributed by atoms with Crippen LogP contribution >= 0.6 is 0 Å². The second kappa shape index (κ2) is 4.44. The van der Waals surface area contributed by atoms with Crippen molar-refractivity contribution in [2.24, 2.45) is 5.73 Å². The predicted molar refractivity (Wildman–Crippen MR) is 60.7 cm³/mol. The van der Waals surface area contributed by atoms with Gasteiger partial charge in [0, 0.05) is 25.5 Å². The van der Waals surface area contributed by atoms with Gasteiger partial charge in [-0.05, 0) is 6.92 Å². The van der Waals surface area contributed by atoms with E-state index in [1.54, 1.807) is 12.4 Å². The van der Waals surface area contributed by atoms with E-state index in [2.05, 4.69) is 14.9 Å². The molecule has 1 aliphatic heterocycles. The van der Waals surface area contributed by atoms with E-state index in [0.717, 1.165) is 13.1 Å². The number of aromatic nitrogens is 2. The van der Waals surface area contributed by atoms with Crippen molar-refractivity contribution in [2.75, 3.05) is 24.6 Å². The second-order valence-corrected chi connectivity index (χ2v) is 3.77. The van der Waals surface area contributed by atoms with Crippen LogP contribution in [0, 0.1) is 5.41 Å². The van der Waals surface area contributed by atoms with Crippen LogP contribution in [0.4, 0.5) is 5.82 Å². The summed E-state index contributed by atoms with van der Waals surface area (Å²) < 4.78 is 5.46. The Labute approximate surface area is 94.0 Å². The molecule has 1 aromatic rings. The number of hydrogen-bond donors (Lipinski definition) is 2. The van der Waals surface area contributed by atoms with Gasteiger partial charge in [-0.15, -0.1) is 0 Å². The first-order chi connectivity index (χ1) is 7.68. The molecule has 1 saturated heterocycles. The molecule has 86 valence electrons. The zero-order valence-corrected chi connectivity index (χ0v) is 9.18. The first kappa shape index (κ1) is 10.8. The average Bonchev–Trinajstić information content (AvgIpc) is 2.29. The van der Waals surface area contributed by atoms with Crippen molar-refractivity contribution in [3.8, 4) is 0 Å². The Morgan fingerprint density at radius 2 is 2.31 bits per heavy atom. The highest BCUT2D eigenvalue weighted by Gasteiger charge is 2.21. The molecule has 1 atom stereocenters. The molecule has 2 heterocycles. The van der Waals surface area contributed by atoms with E-state index in [1.165, 1.54) is 0 Å². The van der Waals surface area contributed by atoms with Gasteiger partial charge in [0.05, 0.1) is 12.7 Å². The lowest BCUT2D eigenvalue weighted by Gasteiger charge is -2.32. The quantitative estimate of drug-likeness (QED) is 0.541. The first-order valence-corrected chi connectivity index (χ1v) is 5.20. The fourth-order valence-electron chi connectivity index (χ4n) is 1.76. The molecule has 1 aliphatic rings. The fraction of sp³-hybridized carbons (Fsp3) is 0.500. The van der Waals surface area contributed by atoms with Gasteiger partial charge in [-0.1, -0.05) is 0 Å². The number of anilines is 1. The van der Waals surface area contributed by atoms with Gasteiger partial charge >= 0.3 is 0 Å². The normalized spacial score (nSPS) is 20.8. The van der Waals surface area contributed by atoms with Crippen LogP contribution < -0.4 is 10.6 Å². The number of nitrogens with zero attached hydrogens (tertiary/aromatic N) is 3. The van der Waals surface area contributed by atoms with Crippen LogP contribution in [0.3, 0.4) is 0 Å². The van der Waals surface area contributed by atoms with Crippen molar-refractivity contribution in [3.63, 3.8) is 0 Å². The van der Waals surface area contributed by atoms with Gasteiger partial charge in [-0.3, -0.25) is 5.41 Å². The minimum absolute atomic E-state index is 0.0535. The monoisotopic (exact) mass is 221 g/mol. The van der Waals surface area contributed by atoms with Crippen LogP contribution in [-0.4, -0.2) is 41.6 Å². The molecular formula is C10H15N5O. The molecule has 6 nitrogen and oxygen atoms in total. The Bertz CT molecular complexity index is 395. The van der Waals surface area contributed by atoms with Crippen LogP contribution in [0.15, 0.2) is 12.4 Å². The fourth-order valence-corrected chi connectivity index (χ4v) is 1.76. The summed E-state index contributed by atoms with van der Waals surface area (Å²) in [5.74, 6) is 0.618. The van der Waals surface area contributed by atoms with Gasteiger partial charge in [-0.25, -0.2) is 9.97 Å². The molecule has 0 aromatic carbocycles. The topological polar surface area (TPSA) is 88.1 Å². The molecule has 0 radical (unpaired) electrons. The van der Waals surface area contributed by atoms with Gasteiger partial charge in [0.1, 0.15) is 11.5 Å². The van der Waals surface area contributed by atoms with Crippen molar-refractivity contribution < 1.29 is 4.74 Å². The third-order valence-electron chi connectivity index (χ3n) is 2.47. The van der Waals surface area contributed by atoms with E-state index >= 15 is 0 Å². The molecule has 6 heteroatoms. The van der Waals surface area contributed by atoms with Gasteiger partial charge < -0.3 is 15.4 Å². The summed E-state index contributed by atoms with van der Waals surface area (Å²) in [5.41, 5.74) is 5.92. The maximum Gasteiger partial charge on any atom is 0.158 e. The SMILES string of the molecule is CC1CN(c2nccnc2C(=N)N)CCO1. The summed E-state index contributed by atoms with van der Waals surface area (Å²) in [6.45, 7) is 4.17. The first-order valence-electron chi connectivity index (χ1n) is 5.20. The highest BCUT2D eigenvalue weighted by atomic mass is 16.5. The third-order valence-corrected chi connectivity index (χ3v) is 2.47. The van der Waals surface area contributed by atoms with E-state index in [1.807, 2.05) is 6.92 Å². The number of rotatable bonds is 2. The van der Waals surface area contributed by atoms with Crippen LogP contribution in [0.25, 0.3) is 0 Å². The van der Waals surface area contributed by atoms with Gasteiger partial charge in [0.25, 0.3) is 0 Å². The van der Waals surface area contributed by atoms with Crippen LogP contribution in [0.5, 0.6) is 0 Å². The Morgan fingerprint density at radius 3 is 3.00 bits per heavy atom. The Morgan fingerprint density at radius 1 is 1.56 bits per heavy atom. The Kier molecular flexibility index (Phi) is 3.00. The molecule has 1 unspecified atom stereocenters.